The van der Waals surface area contributed by atoms with E-state index < -0.39 is 11.6 Å². The van der Waals surface area contributed by atoms with Crippen LogP contribution < -0.4 is 10.8 Å². The van der Waals surface area contributed by atoms with Crippen LogP contribution in [0.5, 0.6) is 0 Å². The standard InChI is InChI=1S/C19H29N3O5/c1-5-26-17(23)13-6-7-15(21-25)16(12-13)20-14-8-10-22(11-9-14)18(24)27-19(2,3)4/h6-7,12,14,20-21,25H,5,8-11H2,1-4H3. The predicted molar refractivity (Wildman–Crippen MR) is 102 cm³/mol. The van der Waals surface area contributed by atoms with Crippen molar-refractivity contribution in [3.05, 3.63) is 23.8 Å². The number of esters is 1. The third kappa shape index (κ3) is 6.02. The van der Waals surface area contributed by atoms with Gasteiger partial charge < -0.3 is 19.7 Å². The molecule has 1 fully saturated rings. The van der Waals surface area contributed by atoms with Crippen LogP contribution >= 0.6 is 0 Å². The number of hydrogen-bond donors (Lipinski definition) is 3. The number of rotatable bonds is 5. The fourth-order valence-corrected chi connectivity index (χ4v) is 2.86. The lowest BCUT2D eigenvalue weighted by molar-refractivity contribution is 0.0210. The lowest BCUT2D eigenvalue weighted by Gasteiger charge is -2.34. The highest BCUT2D eigenvalue weighted by Gasteiger charge is 2.27. The van der Waals surface area contributed by atoms with Gasteiger partial charge in [0.05, 0.1) is 23.5 Å². The first kappa shape index (κ1) is 20.8. The normalized spacial score (nSPS) is 15.2. The van der Waals surface area contributed by atoms with Crippen molar-refractivity contribution in [1.82, 2.24) is 4.90 Å². The summed E-state index contributed by atoms with van der Waals surface area (Å²) in [7, 11) is 0. The maximum Gasteiger partial charge on any atom is 0.410 e. The molecule has 0 aliphatic carbocycles. The van der Waals surface area contributed by atoms with Gasteiger partial charge in [-0.25, -0.2) is 9.59 Å². The molecule has 0 spiro atoms. The summed E-state index contributed by atoms with van der Waals surface area (Å²) >= 11 is 0. The molecule has 1 heterocycles. The summed E-state index contributed by atoms with van der Waals surface area (Å²) in [5, 5.41) is 12.7. The van der Waals surface area contributed by atoms with E-state index in [-0.39, 0.29) is 12.1 Å². The molecule has 150 valence electrons. The maximum absolute atomic E-state index is 12.1. The fraction of sp³-hybridized carbons (Fsp3) is 0.579. The summed E-state index contributed by atoms with van der Waals surface area (Å²) < 4.78 is 10.4. The third-order valence-corrected chi connectivity index (χ3v) is 4.16. The zero-order valence-corrected chi connectivity index (χ0v) is 16.4. The Kier molecular flexibility index (Phi) is 6.90. The van der Waals surface area contributed by atoms with Crippen LogP contribution in [0.15, 0.2) is 18.2 Å². The van der Waals surface area contributed by atoms with Crippen molar-refractivity contribution in [3.63, 3.8) is 0 Å². The summed E-state index contributed by atoms with van der Waals surface area (Å²) in [6.45, 7) is 8.74. The van der Waals surface area contributed by atoms with Crippen molar-refractivity contribution in [1.29, 1.82) is 0 Å². The van der Waals surface area contributed by atoms with Gasteiger partial charge in [0.1, 0.15) is 5.60 Å². The van der Waals surface area contributed by atoms with Crippen LogP contribution in [0.2, 0.25) is 0 Å². The van der Waals surface area contributed by atoms with Gasteiger partial charge in [-0.3, -0.25) is 10.7 Å². The molecule has 0 radical (unpaired) electrons. The molecule has 1 aliphatic heterocycles. The minimum Gasteiger partial charge on any atom is -0.462 e. The molecule has 1 amide bonds. The molecule has 1 aromatic rings. The smallest absolute Gasteiger partial charge is 0.410 e. The van der Waals surface area contributed by atoms with Crippen LogP contribution in [0.1, 0.15) is 50.9 Å². The Morgan fingerprint density at radius 2 is 1.89 bits per heavy atom. The van der Waals surface area contributed by atoms with E-state index in [4.69, 9.17) is 9.47 Å². The van der Waals surface area contributed by atoms with Crippen molar-refractivity contribution >= 4 is 23.4 Å². The molecule has 8 heteroatoms. The quantitative estimate of drug-likeness (QED) is 0.532. The van der Waals surface area contributed by atoms with Gasteiger partial charge in [-0.1, -0.05) is 0 Å². The highest BCUT2D eigenvalue weighted by molar-refractivity contribution is 5.92. The number of carbonyl (C=O) groups excluding carboxylic acids is 2. The van der Waals surface area contributed by atoms with Gasteiger partial charge in [-0.2, -0.15) is 0 Å². The van der Waals surface area contributed by atoms with Gasteiger partial charge >= 0.3 is 12.1 Å². The van der Waals surface area contributed by atoms with Crippen molar-refractivity contribution in [2.24, 2.45) is 0 Å². The van der Waals surface area contributed by atoms with Crippen LogP contribution in [-0.4, -0.2) is 53.5 Å². The van der Waals surface area contributed by atoms with E-state index in [2.05, 4.69) is 10.8 Å². The van der Waals surface area contributed by atoms with Crippen LogP contribution in [0.4, 0.5) is 16.2 Å². The average molecular weight is 379 g/mol. The Labute approximate surface area is 159 Å². The molecule has 0 aromatic heterocycles. The van der Waals surface area contributed by atoms with Crippen LogP contribution in [-0.2, 0) is 9.47 Å². The van der Waals surface area contributed by atoms with E-state index in [1.165, 1.54) is 0 Å². The first-order valence-corrected chi connectivity index (χ1v) is 9.19. The lowest BCUT2D eigenvalue weighted by Crippen LogP contribution is -2.44. The monoisotopic (exact) mass is 379 g/mol. The number of anilines is 2. The number of piperidine rings is 1. The summed E-state index contributed by atoms with van der Waals surface area (Å²) in [6, 6.07) is 4.96. The third-order valence-electron chi connectivity index (χ3n) is 4.16. The van der Waals surface area contributed by atoms with Gasteiger partial charge in [0.2, 0.25) is 0 Å². The van der Waals surface area contributed by atoms with Gasteiger partial charge in [0.25, 0.3) is 0 Å². The maximum atomic E-state index is 12.1. The van der Waals surface area contributed by atoms with Crippen molar-refractivity contribution in [3.8, 4) is 0 Å². The van der Waals surface area contributed by atoms with Gasteiger partial charge in [-0.05, 0) is 58.7 Å². The van der Waals surface area contributed by atoms with E-state index in [0.717, 1.165) is 12.8 Å². The average Bonchev–Trinajstić information content (AvgIpc) is 2.61. The molecule has 1 aromatic carbocycles. The Bertz CT molecular complexity index is 664. The molecule has 1 aliphatic rings. The molecule has 8 nitrogen and oxygen atoms in total. The molecular formula is C19H29N3O5. The van der Waals surface area contributed by atoms with Crippen LogP contribution in [0, 0.1) is 0 Å². The molecule has 0 bridgehead atoms. The van der Waals surface area contributed by atoms with E-state index in [0.29, 0.717) is 36.6 Å². The largest absolute Gasteiger partial charge is 0.462 e. The Morgan fingerprint density at radius 1 is 1.22 bits per heavy atom. The highest BCUT2D eigenvalue weighted by Crippen LogP contribution is 2.26. The highest BCUT2D eigenvalue weighted by atomic mass is 16.6. The van der Waals surface area contributed by atoms with E-state index in [9.17, 15) is 14.8 Å². The Hall–Kier alpha value is -2.48. The number of hydrogen-bond acceptors (Lipinski definition) is 7. The number of benzene rings is 1. The first-order chi connectivity index (χ1) is 12.7. The molecule has 2 rings (SSSR count). The molecule has 0 atom stereocenters. The zero-order valence-electron chi connectivity index (χ0n) is 16.4. The summed E-state index contributed by atoms with van der Waals surface area (Å²) in [5.74, 6) is -0.412. The Balaban J connectivity index is 1.99. The summed E-state index contributed by atoms with van der Waals surface area (Å²) in [5.41, 5.74) is 3.11. The number of amides is 1. The summed E-state index contributed by atoms with van der Waals surface area (Å²) in [6.07, 6.45) is 1.16. The lowest BCUT2D eigenvalue weighted by atomic mass is 10.0. The fourth-order valence-electron chi connectivity index (χ4n) is 2.86. The second-order valence-electron chi connectivity index (χ2n) is 7.48. The second-order valence-corrected chi connectivity index (χ2v) is 7.48. The predicted octanol–water partition coefficient (Wildman–Crippen LogP) is 3.48. The number of nitrogens with one attached hydrogen (secondary N) is 2. The first-order valence-electron chi connectivity index (χ1n) is 9.19. The van der Waals surface area contributed by atoms with E-state index in [1.807, 2.05) is 20.8 Å². The molecule has 0 saturated carbocycles. The Morgan fingerprint density at radius 3 is 2.44 bits per heavy atom. The van der Waals surface area contributed by atoms with Crippen LogP contribution in [0.25, 0.3) is 0 Å². The zero-order chi connectivity index (χ0) is 20.0. The number of likely N-dealkylation sites (tertiary alicyclic amines) is 1. The van der Waals surface area contributed by atoms with Gasteiger partial charge in [-0.15, -0.1) is 0 Å². The van der Waals surface area contributed by atoms with Gasteiger partial charge in [0.15, 0.2) is 0 Å². The van der Waals surface area contributed by atoms with E-state index in [1.54, 1.807) is 30.0 Å². The van der Waals surface area contributed by atoms with Gasteiger partial charge in [0, 0.05) is 19.1 Å². The summed E-state index contributed by atoms with van der Waals surface area (Å²) in [4.78, 5) is 25.8. The van der Waals surface area contributed by atoms with Crippen molar-refractivity contribution < 1.29 is 24.3 Å². The van der Waals surface area contributed by atoms with Crippen molar-refractivity contribution in [2.75, 3.05) is 30.5 Å². The van der Waals surface area contributed by atoms with Crippen LogP contribution in [0.3, 0.4) is 0 Å². The SMILES string of the molecule is CCOC(=O)c1ccc(NO)c(NC2CCN(C(=O)OC(C)(C)C)CC2)c1. The number of ether oxygens (including phenoxy) is 2. The minimum atomic E-state index is -0.512. The topological polar surface area (TPSA) is 100 Å². The molecule has 3 N–H and O–H groups in total. The molecule has 27 heavy (non-hydrogen) atoms. The molecular weight excluding hydrogens is 350 g/mol. The number of carbonyl (C=O) groups is 2. The molecule has 1 saturated heterocycles. The minimum absolute atomic E-state index is 0.105. The van der Waals surface area contributed by atoms with E-state index >= 15 is 0 Å². The number of nitrogens with zero attached hydrogens (tertiary/aromatic N) is 1. The van der Waals surface area contributed by atoms with Crippen molar-refractivity contribution in [2.45, 2.75) is 52.2 Å². The second kappa shape index (κ2) is 8.94. The molecule has 0 unspecified atom stereocenters.